The lowest BCUT2D eigenvalue weighted by atomic mass is 10.4. The van der Waals surface area contributed by atoms with Gasteiger partial charge in [-0.05, 0) is 13.0 Å². The van der Waals surface area contributed by atoms with Crippen LogP contribution < -0.4 is 10.1 Å². The van der Waals surface area contributed by atoms with Crippen LogP contribution in [0.4, 0.5) is 5.69 Å². The molecule has 13 heavy (non-hydrogen) atoms. The van der Waals surface area contributed by atoms with Gasteiger partial charge in [0.05, 0.1) is 19.0 Å². The van der Waals surface area contributed by atoms with Crippen LogP contribution in [0.5, 0.6) is 5.88 Å². The summed E-state index contributed by atoms with van der Waals surface area (Å²) in [6.07, 6.45) is 5.80. The quantitative estimate of drug-likeness (QED) is 0.717. The number of aromatic nitrogens is 1. The molecule has 3 nitrogen and oxygen atoms in total. The summed E-state index contributed by atoms with van der Waals surface area (Å²) >= 11 is 0. The second kappa shape index (κ2) is 5.19. The largest absolute Gasteiger partial charge is 0.481 e. The minimum atomic E-state index is 0.636. The van der Waals surface area contributed by atoms with Gasteiger partial charge in [-0.1, -0.05) is 12.2 Å². The molecule has 1 heterocycles. The molecule has 1 rings (SSSR count). The van der Waals surface area contributed by atoms with Crippen LogP contribution >= 0.6 is 0 Å². The second-order valence-corrected chi connectivity index (χ2v) is 2.54. The van der Waals surface area contributed by atoms with Crippen molar-refractivity contribution in [3.8, 4) is 5.88 Å². The van der Waals surface area contributed by atoms with E-state index in [0.717, 1.165) is 12.2 Å². The Balaban J connectivity index is 2.49. The topological polar surface area (TPSA) is 34.1 Å². The smallest absolute Gasteiger partial charge is 0.213 e. The lowest BCUT2D eigenvalue weighted by Crippen LogP contribution is -1.98. The molecule has 0 aliphatic rings. The van der Waals surface area contributed by atoms with Gasteiger partial charge in [-0.2, -0.15) is 0 Å². The lowest BCUT2D eigenvalue weighted by Gasteiger charge is -2.03. The SMILES string of the molecule is C/C=C/CNc1ccc(OC)nc1. The third-order valence-electron chi connectivity index (χ3n) is 1.61. The van der Waals surface area contributed by atoms with Crippen LogP contribution in [0.15, 0.2) is 30.5 Å². The van der Waals surface area contributed by atoms with E-state index in [1.807, 2.05) is 31.2 Å². The molecule has 0 atom stereocenters. The summed E-state index contributed by atoms with van der Waals surface area (Å²) in [6, 6.07) is 3.77. The van der Waals surface area contributed by atoms with Gasteiger partial charge in [0.2, 0.25) is 5.88 Å². The highest BCUT2D eigenvalue weighted by Crippen LogP contribution is 2.10. The van der Waals surface area contributed by atoms with Crippen molar-refractivity contribution < 1.29 is 4.74 Å². The van der Waals surface area contributed by atoms with E-state index < -0.39 is 0 Å². The van der Waals surface area contributed by atoms with Gasteiger partial charge in [0.25, 0.3) is 0 Å². The number of hydrogen-bond donors (Lipinski definition) is 1. The van der Waals surface area contributed by atoms with E-state index in [9.17, 15) is 0 Å². The zero-order valence-corrected chi connectivity index (χ0v) is 7.95. The first-order valence-corrected chi connectivity index (χ1v) is 4.22. The van der Waals surface area contributed by atoms with Crippen LogP contribution in [0, 0.1) is 0 Å². The fourth-order valence-electron chi connectivity index (χ4n) is 0.900. The Morgan fingerprint density at radius 3 is 2.92 bits per heavy atom. The number of nitrogens with one attached hydrogen (secondary N) is 1. The Hall–Kier alpha value is -1.51. The van der Waals surface area contributed by atoms with Gasteiger partial charge in [0.1, 0.15) is 0 Å². The molecule has 3 heteroatoms. The minimum Gasteiger partial charge on any atom is -0.481 e. The Morgan fingerprint density at radius 1 is 1.54 bits per heavy atom. The van der Waals surface area contributed by atoms with Crippen LogP contribution in [0.3, 0.4) is 0 Å². The molecule has 0 saturated heterocycles. The van der Waals surface area contributed by atoms with Crippen LogP contribution in [0.1, 0.15) is 6.92 Å². The zero-order chi connectivity index (χ0) is 9.52. The number of methoxy groups -OCH3 is 1. The van der Waals surface area contributed by atoms with Crippen LogP contribution in [-0.2, 0) is 0 Å². The van der Waals surface area contributed by atoms with Crippen molar-refractivity contribution in [3.05, 3.63) is 30.5 Å². The van der Waals surface area contributed by atoms with Gasteiger partial charge in [0, 0.05) is 12.6 Å². The maximum atomic E-state index is 4.94. The normalized spacial score (nSPS) is 10.3. The van der Waals surface area contributed by atoms with E-state index in [-0.39, 0.29) is 0 Å². The van der Waals surface area contributed by atoms with Crippen LogP contribution in [-0.4, -0.2) is 18.6 Å². The average Bonchev–Trinajstić information content (AvgIpc) is 2.19. The van der Waals surface area contributed by atoms with Crippen molar-refractivity contribution in [1.29, 1.82) is 0 Å². The number of allylic oxidation sites excluding steroid dienone is 1. The Kier molecular flexibility index (Phi) is 3.82. The third-order valence-corrected chi connectivity index (χ3v) is 1.61. The fourth-order valence-corrected chi connectivity index (χ4v) is 0.900. The first kappa shape index (κ1) is 9.58. The molecular formula is C10H14N2O. The van der Waals surface area contributed by atoms with E-state index in [0.29, 0.717) is 5.88 Å². The molecule has 1 aromatic heterocycles. The number of rotatable bonds is 4. The second-order valence-electron chi connectivity index (χ2n) is 2.54. The van der Waals surface area contributed by atoms with Gasteiger partial charge in [0.15, 0.2) is 0 Å². The van der Waals surface area contributed by atoms with Crippen molar-refractivity contribution in [1.82, 2.24) is 4.98 Å². The number of ether oxygens (including phenoxy) is 1. The van der Waals surface area contributed by atoms with Crippen molar-refractivity contribution in [2.45, 2.75) is 6.92 Å². The number of anilines is 1. The van der Waals surface area contributed by atoms with Crippen molar-refractivity contribution in [3.63, 3.8) is 0 Å². The molecule has 0 radical (unpaired) electrons. The highest BCUT2D eigenvalue weighted by Gasteiger charge is 1.92. The molecule has 0 aromatic carbocycles. The summed E-state index contributed by atoms with van der Waals surface area (Å²) in [4.78, 5) is 4.07. The first-order chi connectivity index (χ1) is 6.36. The maximum absolute atomic E-state index is 4.94. The number of pyridine rings is 1. The number of nitrogens with zero attached hydrogens (tertiary/aromatic N) is 1. The molecule has 0 unspecified atom stereocenters. The van der Waals surface area contributed by atoms with Crippen LogP contribution in [0.25, 0.3) is 0 Å². The summed E-state index contributed by atoms with van der Waals surface area (Å²) in [5, 5.41) is 3.19. The molecular weight excluding hydrogens is 164 g/mol. The molecule has 70 valence electrons. The molecule has 0 spiro atoms. The van der Waals surface area contributed by atoms with E-state index in [1.165, 1.54) is 0 Å². The Bertz CT molecular complexity index is 267. The van der Waals surface area contributed by atoms with Crippen molar-refractivity contribution in [2.24, 2.45) is 0 Å². The standard InChI is InChI=1S/C10H14N2O/c1-3-4-7-11-9-5-6-10(13-2)12-8-9/h3-6,8,11H,7H2,1-2H3/b4-3+. The third kappa shape index (κ3) is 3.15. The monoisotopic (exact) mass is 178 g/mol. The lowest BCUT2D eigenvalue weighted by molar-refractivity contribution is 0.398. The van der Waals surface area contributed by atoms with E-state index >= 15 is 0 Å². The summed E-state index contributed by atoms with van der Waals surface area (Å²) in [6.45, 7) is 2.82. The van der Waals surface area contributed by atoms with Crippen molar-refractivity contribution >= 4 is 5.69 Å². The summed E-state index contributed by atoms with van der Waals surface area (Å²) in [5.74, 6) is 0.636. The number of hydrogen-bond acceptors (Lipinski definition) is 3. The Morgan fingerprint density at radius 2 is 2.38 bits per heavy atom. The van der Waals surface area contributed by atoms with Gasteiger partial charge in [-0.3, -0.25) is 0 Å². The van der Waals surface area contributed by atoms with Gasteiger partial charge >= 0.3 is 0 Å². The molecule has 1 N–H and O–H groups in total. The fraction of sp³-hybridized carbons (Fsp3) is 0.300. The highest BCUT2D eigenvalue weighted by molar-refractivity contribution is 5.42. The molecule has 1 aromatic rings. The molecule has 0 aliphatic heterocycles. The van der Waals surface area contributed by atoms with Gasteiger partial charge < -0.3 is 10.1 Å². The van der Waals surface area contributed by atoms with E-state index in [4.69, 9.17) is 4.74 Å². The average molecular weight is 178 g/mol. The predicted molar refractivity (Wildman–Crippen MR) is 54.1 cm³/mol. The maximum Gasteiger partial charge on any atom is 0.213 e. The summed E-state index contributed by atoms with van der Waals surface area (Å²) in [7, 11) is 1.61. The molecule has 0 amide bonds. The minimum absolute atomic E-state index is 0.636. The van der Waals surface area contributed by atoms with Crippen LogP contribution in [0.2, 0.25) is 0 Å². The van der Waals surface area contributed by atoms with Crippen molar-refractivity contribution in [2.75, 3.05) is 19.0 Å². The highest BCUT2D eigenvalue weighted by atomic mass is 16.5. The molecule has 0 bridgehead atoms. The molecule has 0 fully saturated rings. The molecule has 0 aliphatic carbocycles. The Labute approximate surface area is 78.4 Å². The summed E-state index contributed by atoms with van der Waals surface area (Å²) in [5.41, 5.74) is 0.999. The van der Waals surface area contributed by atoms with E-state index in [2.05, 4.69) is 10.3 Å². The summed E-state index contributed by atoms with van der Waals surface area (Å²) < 4.78 is 4.94. The van der Waals surface area contributed by atoms with Gasteiger partial charge in [-0.15, -0.1) is 0 Å². The van der Waals surface area contributed by atoms with Gasteiger partial charge in [-0.25, -0.2) is 4.98 Å². The first-order valence-electron chi connectivity index (χ1n) is 4.22. The van der Waals surface area contributed by atoms with E-state index in [1.54, 1.807) is 13.3 Å². The zero-order valence-electron chi connectivity index (χ0n) is 7.95. The molecule has 0 saturated carbocycles. The predicted octanol–water partition coefficient (Wildman–Crippen LogP) is 2.08.